The Morgan fingerprint density at radius 1 is 0.964 bits per heavy atom. The van der Waals surface area contributed by atoms with Crippen molar-refractivity contribution in [2.24, 2.45) is 0 Å². The number of nitrogens with zero attached hydrogens (tertiary/aromatic N) is 1. The molecule has 0 N–H and O–H groups in total. The third-order valence-corrected chi connectivity index (χ3v) is 4.31. The smallest absolute Gasteiger partial charge is 0.337 e. The largest absolute Gasteiger partial charge is 0.493 e. The number of methoxy groups -OCH3 is 3. The van der Waals surface area contributed by atoms with Crippen LogP contribution in [0.25, 0.3) is 0 Å². The summed E-state index contributed by atoms with van der Waals surface area (Å²) in [4.78, 5) is 25.4. The van der Waals surface area contributed by atoms with Gasteiger partial charge in [-0.05, 0) is 54.4 Å². The fourth-order valence-corrected chi connectivity index (χ4v) is 2.60. The number of ether oxygens (including phenoxy) is 4. The second kappa shape index (κ2) is 9.64. The number of likely N-dealkylation sites (N-methyl/N-ethyl adjacent to an activating group) is 1. The van der Waals surface area contributed by atoms with Gasteiger partial charge < -0.3 is 23.8 Å². The van der Waals surface area contributed by atoms with E-state index in [0.717, 1.165) is 11.1 Å². The molecule has 0 saturated carbocycles. The standard InChI is InChI=1S/C21H25NO6/c1-14-10-18(25-3)19(26-4)11-16(14)12-22(2)20(23)13-28-17-8-6-15(7-9-17)21(24)27-5/h6-11H,12-13H2,1-5H3. The average Bonchev–Trinajstić information content (AvgIpc) is 2.72. The van der Waals surface area contributed by atoms with Gasteiger partial charge in [0.25, 0.3) is 5.91 Å². The SMILES string of the molecule is COC(=O)c1ccc(OCC(=O)N(C)Cc2cc(OC)c(OC)cc2C)cc1. The van der Waals surface area contributed by atoms with Gasteiger partial charge >= 0.3 is 5.97 Å². The van der Waals surface area contributed by atoms with Gasteiger partial charge in [-0.1, -0.05) is 0 Å². The Kier molecular flexibility index (Phi) is 7.26. The predicted molar refractivity (Wildman–Crippen MR) is 104 cm³/mol. The van der Waals surface area contributed by atoms with Gasteiger partial charge in [0, 0.05) is 13.6 Å². The zero-order valence-corrected chi connectivity index (χ0v) is 16.8. The molecule has 7 heteroatoms. The minimum absolute atomic E-state index is 0.111. The Labute approximate surface area is 164 Å². The summed E-state index contributed by atoms with van der Waals surface area (Å²) < 4.78 is 20.8. The maximum Gasteiger partial charge on any atom is 0.337 e. The third kappa shape index (κ3) is 5.16. The zero-order chi connectivity index (χ0) is 20.7. The molecule has 0 aliphatic heterocycles. The quantitative estimate of drug-likeness (QED) is 0.649. The highest BCUT2D eigenvalue weighted by Crippen LogP contribution is 2.30. The molecule has 2 rings (SSSR count). The summed E-state index contributed by atoms with van der Waals surface area (Å²) in [5.41, 5.74) is 2.37. The highest BCUT2D eigenvalue weighted by atomic mass is 16.5. The van der Waals surface area contributed by atoms with E-state index in [2.05, 4.69) is 4.74 Å². The molecular formula is C21H25NO6. The van der Waals surface area contributed by atoms with Crippen molar-refractivity contribution in [3.05, 3.63) is 53.1 Å². The van der Waals surface area contributed by atoms with Gasteiger partial charge in [0.2, 0.25) is 0 Å². The molecule has 2 aromatic carbocycles. The summed E-state index contributed by atoms with van der Waals surface area (Å²) in [6, 6.07) is 10.2. The van der Waals surface area contributed by atoms with Crippen LogP contribution in [0.3, 0.4) is 0 Å². The number of hydrogen-bond donors (Lipinski definition) is 0. The molecule has 0 aliphatic carbocycles. The van der Waals surface area contributed by atoms with Crippen molar-refractivity contribution in [2.45, 2.75) is 13.5 Å². The minimum atomic E-state index is -0.423. The fourth-order valence-electron chi connectivity index (χ4n) is 2.60. The lowest BCUT2D eigenvalue weighted by molar-refractivity contribution is -0.132. The van der Waals surface area contributed by atoms with Crippen LogP contribution in [0.4, 0.5) is 0 Å². The number of benzene rings is 2. The number of aryl methyl sites for hydroxylation is 1. The Bertz CT molecular complexity index is 832. The predicted octanol–water partition coefficient (Wildman–Crippen LogP) is 2.84. The number of carbonyl (C=O) groups is 2. The van der Waals surface area contributed by atoms with Crippen molar-refractivity contribution in [3.8, 4) is 17.2 Å². The summed E-state index contributed by atoms with van der Waals surface area (Å²) >= 11 is 0. The number of rotatable bonds is 8. The molecule has 7 nitrogen and oxygen atoms in total. The first-order chi connectivity index (χ1) is 13.4. The second-order valence-corrected chi connectivity index (χ2v) is 6.19. The molecule has 0 atom stereocenters. The van der Waals surface area contributed by atoms with E-state index in [1.165, 1.54) is 7.11 Å². The Morgan fingerprint density at radius 2 is 1.57 bits per heavy atom. The van der Waals surface area contributed by atoms with Crippen molar-refractivity contribution < 1.29 is 28.5 Å². The van der Waals surface area contributed by atoms with Crippen LogP contribution in [0.15, 0.2) is 36.4 Å². The maximum atomic E-state index is 12.4. The van der Waals surface area contributed by atoms with Crippen LogP contribution >= 0.6 is 0 Å². The number of esters is 1. The van der Waals surface area contributed by atoms with E-state index < -0.39 is 5.97 Å². The molecule has 0 unspecified atom stereocenters. The Balaban J connectivity index is 1.97. The fraction of sp³-hybridized carbons (Fsp3) is 0.333. The molecule has 2 aromatic rings. The molecule has 150 valence electrons. The first-order valence-electron chi connectivity index (χ1n) is 8.66. The molecule has 0 aromatic heterocycles. The van der Waals surface area contributed by atoms with Gasteiger partial charge in [0.1, 0.15) is 5.75 Å². The monoisotopic (exact) mass is 387 g/mol. The molecule has 0 bridgehead atoms. The van der Waals surface area contributed by atoms with E-state index in [-0.39, 0.29) is 12.5 Å². The van der Waals surface area contributed by atoms with Gasteiger partial charge in [-0.15, -0.1) is 0 Å². The normalized spacial score (nSPS) is 10.2. The summed E-state index contributed by atoms with van der Waals surface area (Å²) in [7, 11) is 6.19. The van der Waals surface area contributed by atoms with Crippen LogP contribution in [0.1, 0.15) is 21.5 Å². The molecule has 0 heterocycles. The van der Waals surface area contributed by atoms with Crippen LogP contribution < -0.4 is 14.2 Å². The van der Waals surface area contributed by atoms with E-state index in [1.54, 1.807) is 50.4 Å². The van der Waals surface area contributed by atoms with Gasteiger partial charge in [0.05, 0.1) is 26.9 Å². The molecule has 0 fully saturated rings. The number of carbonyl (C=O) groups excluding carboxylic acids is 2. The summed E-state index contributed by atoms with van der Waals surface area (Å²) in [6.45, 7) is 2.25. The zero-order valence-electron chi connectivity index (χ0n) is 16.8. The third-order valence-electron chi connectivity index (χ3n) is 4.31. The summed E-state index contributed by atoms with van der Waals surface area (Å²) in [5, 5.41) is 0. The maximum absolute atomic E-state index is 12.4. The molecule has 0 saturated heterocycles. The number of amides is 1. The van der Waals surface area contributed by atoms with Crippen LogP contribution in [-0.4, -0.2) is 51.8 Å². The number of hydrogen-bond acceptors (Lipinski definition) is 6. The lowest BCUT2D eigenvalue weighted by atomic mass is 10.1. The van der Waals surface area contributed by atoms with Gasteiger partial charge in [-0.3, -0.25) is 4.79 Å². The van der Waals surface area contributed by atoms with Gasteiger partial charge in [-0.2, -0.15) is 0 Å². The van der Waals surface area contributed by atoms with Crippen molar-refractivity contribution in [3.63, 3.8) is 0 Å². The van der Waals surface area contributed by atoms with E-state index in [0.29, 0.717) is 29.4 Å². The van der Waals surface area contributed by atoms with E-state index >= 15 is 0 Å². The van der Waals surface area contributed by atoms with Gasteiger partial charge in [0.15, 0.2) is 18.1 Å². The van der Waals surface area contributed by atoms with Gasteiger partial charge in [-0.25, -0.2) is 4.79 Å². The van der Waals surface area contributed by atoms with E-state index in [9.17, 15) is 9.59 Å². The van der Waals surface area contributed by atoms with E-state index in [1.807, 2.05) is 19.1 Å². The van der Waals surface area contributed by atoms with Crippen LogP contribution in [0.2, 0.25) is 0 Å². The van der Waals surface area contributed by atoms with Crippen LogP contribution in [-0.2, 0) is 16.1 Å². The molecule has 0 radical (unpaired) electrons. The van der Waals surface area contributed by atoms with Crippen molar-refractivity contribution in [2.75, 3.05) is 35.0 Å². The lowest BCUT2D eigenvalue weighted by Gasteiger charge is -2.20. The van der Waals surface area contributed by atoms with Crippen molar-refractivity contribution in [1.82, 2.24) is 4.90 Å². The average molecular weight is 387 g/mol. The van der Waals surface area contributed by atoms with Crippen molar-refractivity contribution in [1.29, 1.82) is 0 Å². The molecule has 0 aliphatic rings. The first-order valence-corrected chi connectivity index (χ1v) is 8.66. The molecule has 28 heavy (non-hydrogen) atoms. The highest BCUT2D eigenvalue weighted by Gasteiger charge is 2.14. The van der Waals surface area contributed by atoms with Crippen molar-refractivity contribution >= 4 is 11.9 Å². The highest BCUT2D eigenvalue weighted by molar-refractivity contribution is 5.89. The minimum Gasteiger partial charge on any atom is -0.493 e. The first kappa shape index (κ1) is 21.1. The second-order valence-electron chi connectivity index (χ2n) is 6.19. The summed E-state index contributed by atoms with van der Waals surface area (Å²) in [5.74, 6) is 1.16. The Hall–Kier alpha value is -3.22. The molecule has 1 amide bonds. The lowest BCUT2D eigenvalue weighted by Crippen LogP contribution is -2.31. The molecular weight excluding hydrogens is 362 g/mol. The van der Waals surface area contributed by atoms with Crippen LogP contribution in [0, 0.1) is 6.92 Å². The van der Waals surface area contributed by atoms with Crippen LogP contribution in [0.5, 0.6) is 17.2 Å². The topological polar surface area (TPSA) is 74.3 Å². The van der Waals surface area contributed by atoms with E-state index in [4.69, 9.17) is 14.2 Å². The molecule has 0 spiro atoms. The summed E-state index contributed by atoms with van der Waals surface area (Å²) in [6.07, 6.45) is 0. The Morgan fingerprint density at radius 3 is 2.14 bits per heavy atom.